The van der Waals surface area contributed by atoms with Gasteiger partial charge in [-0.25, -0.2) is 9.59 Å². The van der Waals surface area contributed by atoms with Crippen LogP contribution < -0.4 is 5.32 Å². The molecular weight excluding hydrogens is 392 g/mol. The van der Waals surface area contributed by atoms with Crippen LogP contribution in [0.2, 0.25) is 0 Å². The first kappa shape index (κ1) is 24.0. The van der Waals surface area contributed by atoms with Crippen LogP contribution in [-0.2, 0) is 15.0 Å². The molecule has 166 valence electrons. The molecule has 1 N–H and O–H groups in total. The molecule has 6 heteroatoms. The quantitative estimate of drug-likeness (QED) is 0.629. The van der Waals surface area contributed by atoms with E-state index in [1.807, 2.05) is 19.1 Å². The number of benzene rings is 1. The van der Waals surface area contributed by atoms with E-state index < -0.39 is 17.7 Å². The summed E-state index contributed by atoms with van der Waals surface area (Å²) in [7, 11) is 2.67. The van der Waals surface area contributed by atoms with Gasteiger partial charge in [-0.1, -0.05) is 63.3 Å². The van der Waals surface area contributed by atoms with E-state index >= 15 is 0 Å². The van der Waals surface area contributed by atoms with Crippen molar-refractivity contribution in [2.24, 2.45) is 5.41 Å². The van der Waals surface area contributed by atoms with Gasteiger partial charge in [-0.2, -0.15) is 0 Å². The van der Waals surface area contributed by atoms with Crippen LogP contribution in [0.25, 0.3) is 0 Å². The Kier molecular flexibility index (Phi) is 7.16. The van der Waals surface area contributed by atoms with Crippen LogP contribution in [0.1, 0.15) is 40.2 Å². The van der Waals surface area contributed by atoms with E-state index in [0.717, 1.165) is 16.8 Å². The number of anilines is 1. The smallest absolute Gasteiger partial charge is 0.415 e. The van der Waals surface area contributed by atoms with Crippen LogP contribution in [0, 0.1) is 5.41 Å². The fourth-order valence-corrected chi connectivity index (χ4v) is 3.36. The summed E-state index contributed by atoms with van der Waals surface area (Å²) in [5, 5.41) is 2.63. The van der Waals surface area contributed by atoms with Gasteiger partial charge in [-0.3, -0.25) is 10.2 Å². The minimum atomic E-state index is -0.750. The maximum absolute atomic E-state index is 12.7. The van der Waals surface area contributed by atoms with Crippen LogP contribution in [-0.4, -0.2) is 31.3 Å². The molecule has 0 bridgehead atoms. The Hall–Kier alpha value is -3.28. The van der Waals surface area contributed by atoms with Gasteiger partial charge >= 0.3 is 12.2 Å². The van der Waals surface area contributed by atoms with Gasteiger partial charge in [0.2, 0.25) is 0 Å². The highest BCUT2D eigenvalue weighted by molar-refractivity contribution is 5.84. The number of carbonyl (C=O) groups is 2. The molecule has 1 atom stereocenters. The van der Waals surface area contributed by atoms with Gasteiger partial charge in [0.05, 0.1) is 19.9 Å². The van der Waals surface area contributed by atoms with Gasteiger partial charge in [0.15, 0.2) is 0 Å². The van der Waals surface area contributed by atoms with Crippen molar-refractivity contribution in [1.29, 1.82) is 0 Å². The van der Waals surface area contributed by atoms with E-state index in [1.165, 1.54) is 19.8 Å². The number of nitrogens with zero attached hydrogens (tertiary/aromatic N) is 1. The predicted molar refractivity (Wildman–Crippen MR) is 124 cm³/mol. The first-order valence-corrected chi connectivity index (χ1v) is 10.1. The summed E-state index contributed by atoms with van der Waals surface area (Å²) in [6.45, 7) is 14.3. The molecule has 1 aliphatic rings. The third-order valence-electron chi connectivity index (χ3n) is 5.68. The lowest BCUT2D eigenvalue weighted by Gasteiger charge is -2.54. The van der Waals surface area contributed by atoms with Crippen molar-refractivity contribution in [2.75, 3.05) is 19.5 Å². The summed E-state index contributed by atoms with van der Waals surface area (Å²) >= 11 is 0. The van der Waals surface area contributed by atoms with Crippen LogP contribution >= 0.6 is 0 Å². The van der Waals surface area contributed by atoms with Crippen molar-refractivity contribution in [3.05, 3.63) is 77.6 Å². The topological polar surface area (TPSA) is 67.9 Å². The second-order valence-corrected chi connectivity index (χ2v) is 8.54. The molecule has 1 aromatic carbocycles. The number of rotatable bonds is 4. The Balaban J connectivity index is 2.59. The summed E-state index contributed by atoms with van der Waals surface area (Å²) in [5.41, 5.74) is 3.67. The number of carbonyl (C=O) groups excluding carboxylic acids is 2. The molecular formula is C25H32N2O4. The lowest BCUT2D eigenvalue weighted by Crippen LogP contribution is -2.58. The molecule has 0 radical (unpaired) electrons. The van der Waals surface area contributed by atoms with Crippen molar-refractivity contribution >= 4 is 17.9 Å². The predicted octanol–water partition coefficient (Wildman–Crippen LogP) is 6.15. The summed E-state index contributed by atoms with van der Waals surface area (Å²) in [4.78, 5) is 25.8. The zero-order chi connectivity index (χ0) is 23.4. The highest BCUT2D eigenvalue weighted by Gasteiger charge is 2.53. The first-order valence-electron chi connectivity index (χ1n) is 10.1. The minimum Gasteiger partial charge on any atom is -0.453 e. The van der Waals surface area contributed by atoms with Gasteiger partial charge in [-0.05, 0) is 43.0 Å². The fourth-order valence-electron chi connectivity index (χ4n) is 3.36. The lowest BCUT2D eigenvalue weighted by molar-refractivity contribution is 0.0776. The standard InChI is InChI=1S/C25H32N2O4/c1-9-10-21-20(16-11-17(2)24(3,4)5)25(6,27(21)23(29)31-8)18-12-14-19(15-13-18)26-22(28)30-7/h9-16H,1H2,2-8H3,(H,26,28)/b17-11+,20-16+,21-10+. The molecule has 2 amide bonds. The summed E-state index contributed by atoms with van der Waals surface area (Å²) in [5.74, 6) is 0. The first-order chi connectivity index (χ1) is 14.5. The van der Waals surface area contributed by atoms with E-state index in [4.69, 9.17) is 4.74 Å². The third kappa shape index (κ3) is 4.74. The number of methoxy groups -OCH3 is 2. The normalized spacial score (nSPS) is 21.5. The molecule has 0 saturated carbocycles. The molecule has 0 spiro atoms. The average Bonchev–Trinajstić information content (AvgIpc) is 2.72. The number of ether oxygens (including phenoxy) is 2. The van der Waals surface area contributed by atoms with E-state index in [1.54, 1.807) is 29.2 Å². The number of likely N-dealkylation sites (tertiary alicyclic amines) is 1. The number of hydrogen-bond donors (Lipinski definition) is 1. The molecule has 31 heavy (non-hydrogen) atoms. The van der Waals surface area contributed by atoms with Gasteiger partial charge < -0.3 is 9.47 Å². The van der Waals surface area contributed by atoms with Gasteiger partial charge in [-0.15, -0.1) is 0 Å². The van der Waals surface area contributed by atoms with Gasteiger partial charge in [0, 0.05) is 11.3 Å². The molecule has 2 rings (SSSR count). The maximum Gasteiger partial charge on any atom is 0.415 e. The zero-order valence-corrected chi connectivity index (χ0v) is 19.4. The van der Waals surface area contributed by atoms with E-state index in [0.29, 0.717) is 5.69 Å². The van der Waals surface area contributed by atoms with Crippen LogP contribution in [0.3, 0.4) is 0 Å². The Labute approximate surface area is 184 Å². The minimum absolute atomic E-state index is 0.0305. The third-order valence-corrected chi connectivity index (χ3v) is 5.68. The SMILES string of the molecule is C=C\C=C1/C(=C\C=C(/C)C(C)(C)C)C(C)(c2ccc(NC(=O)OC)cc2)N1C(=O)OC. The average molecular weight is 425 g/mol. The van der Waals surface area contributed by atoms with E-state index in [2.05, 4.69) is 56.5 Å². The highest BCUT2D eigenvalue weighted by Crippen LogP contribution is 2.52. The second-order valence-electron chi connectivity index (χ2n) is 8.54. The fraction of sp³-hybridized carbons (Fsp3) is 0.360. The molecule has 1 aromatic rings. The zero-order valence-electron chi connectivity index (χ0n) is 19.4. The molecule has 1 unspecified atom stereocenters. The van der Waals surface area contributed by atoms with Gasteiger partial charge in [0.1, 0.15) is 5.54 Å². The van der Waals surface area contributed by atoms with Crippen LogP contribution in [0.5, 0.6) is 0 Å². The molecule has 1 fully saturated rings. The lowest BCUT2D eigenvalue weighted by atomic mass is 9.72. The molecule has 1 heterocycles. The Bertz CT molecular complexity index is 949. The molecule has 6 nitrogen and oxygen atoms in total. The Morgan fingerprint density at radius 2 is 1.71 bits per heavy atom. The summed E-state index contributed by atoms with van der Waals surface area (Å²) in [6, 6.07) is 7.30. The molecule has 1 saturated heterocycles. The summed E-state index contributed by atoms with van der Waals surface area (Å²) in [6.07, 6.45) is 6.60. The second kappa shape index (κ2) is 9.25. The van der Waals surface area contributed by atoms with Crippen molar-refractivity contribution in [2.45, 2.75) is 40.2 Å². The van der Waals surface area contributed by atoms with Crippen molar-refractivity contribution < 1.29 is 19.1 Å². The largest absolute Gasteiger partial charge is 0.453 e. The van der Waals surface area contributed by atoms with Crippen molar-refractivity contribution in [3.63, 3.8) is 0 Å². The number of amides is 2. The van der Waals surface area contributed by atoms with Crippen molar-refractivity contribution in [3.8, 4) is 0 Å². The van der Waals surface area contributed by atoms with E-state index in [9.17, 15) is 9.59 Å². The number of allylic oxidation sites excluding steroid dienone is 5. The Morgan fingerprint density at radius 1 is 1.10 bits per heavy atom. The highest BCUT2D eigenvalue weighted by atomic mass is 16.5. The Morgan fingerprint density at radius 3 is 2.19 bits per heavy atom. The van der Waals surface area contributed by atoms with Crippen LogP contribution in [0.4, 0.5) is 15.3 Å². The molecule has 1 aliphatic heterocycles. The van der Waals surface area contributed by atoms with Gasteiger partial charge in [0.25, 0.3) is 0 Å². The van der Waals surface area contributed by atoms with E-state index in [-0.39, 0.29) is 5.41 Å². The molecule has 0 aromatic heterocycles. The molecule has 0 aliphatic carbocycles. The maximum atomic E-state index is 12.7. The van der Waals surface area contributed by atoms with Crippen LogP contribution in [0.15, 0.2) is 72.0 Å². The summed E-state index contributed by atoms with van der Waals surface area (Å²) < 4.78 is 9.70. The number of hydrogen-bond acceptors (Lipinski definition) is 4. The number of nitrogens with one attached hydrogen (secondary N) is 1. The monoisotopic (exact) mass is 424 g/mol. The van der Waals surface area contributed by atoms with Crippen molar-refractivity contribution in [1.82, 2.24) is 4.90 Å².